The van der Waals surface area contributed by atoms with Crippen molar-refractivity contribution in [2.45, 2.75) is 0 Å². The number of para-hydroxylation sites is 2. The molecule has 0 amide bonds. The first-order chi connectivity index (χ1) is 17.5. The summed E-state index contributed by atoms with van der Waals surface area (Å²) in [6.45, 7) is 0. The third-order valence-electron chi connectivity index (χ3n) is 5.23. The molecule has 5 rings (SSSR count). The second kappa shape index (κ2) is 10.2. The normalized spacial score (nSPS) is 10.7. The van der Waals surface area contributed by atoms with Crippen LogP contribution < -0.4 is 18.9 Å². The lowest BCUT2D eigenvalue weighted by molar-refractivity contribution is 0.151. The number of hydrogen-bond acceptors (Lipinski definition) is 6. The van der Waals surface area contributed by atoms with Crippen LogP contribution in [0.25, 0.3) is 21.5 Å². The van der Waals surface area contributed by atoms with Crippen LogP contribution in [0.15, 0.2) is 97.1 Å². The van der Waals surface area contributed by atoms with Crippen molar-refractivity contribution in [1.29, 1.82) is 0 Å². The number of halogens is 2. The number of fused-ring (bicyclic) bond motifs is 2. The maximum Gasteiger partial charge on any atom is 0.519 e. The molecule has 5 aromatic rings. The van der Waals surface area contributed by atoms with E-state index in [0.29, 0.717) is 33.0 Å². The lowest BCUT2D eigenvalue weighted by Crippen LogP contribution is -2.16. The largest absolute Gasteiger partial charge is 0.519 e. The lowest BCUT2D eigenvalue weighted by Gasteiger charge is -2.17. The van der Waals surface area contributed by atoms with Crippen molar-refractivity contribution in [3.63, 3.8) is 0 Å². The Morgan fingerprint density at radius 1 is 0.472 bits per heavy atom. The van der Waals surface area contributed by atoms with Gasteiger partial charge in [0.25, 0.3) is 0 Å². The number of rotatable bonds is 4. The summed E-state index contributed by atoms with van der Waals surface area (Å²) in [5, 5.41) is 1.96. The summed E-state index contributed by atoms with van der Waals surface area (Å²) in [5.74, 6) is 0.836. The van der Waals surface area contributed by atoms with Gasteiger partial charge in [-0.1, -0.05) is 83.9 Å². The first-order valence-electron chi connectivity index (χ1n) is 10.7. The second-order valence-electron chi connectivity index (χ2n) is 7.52. The van der Waals surface area contributed by atoms with Crippen molar-refractivity contribution in [2.24, 2.45) is 0 Å². The molecule has 0 N–H and O–H groups in total. The zero-order valence-electron chi connectivity index (χ0n) is 18.4. The van der Waals surface area contributed by atoms with E-state index in [9.17, 15) is 9.59 Å². The van der Waals surface area contributed by atoms with Crippen LogP contribution in [0, 0.1) is 0 Å². The molecule has 0 saturated carbocycles. The first-order valence-corrected chi connectivity index (χ1v) is 11.5. The summed E-state index contributed by atoms with van der Waals surface area (Å²) in [7, 11) is 0. The minimum atomic E-state index is -0.971. The van der Waals surface area contributed by atoms with Crippen LogP contribution in [-0.4, -0.2) is 12.3 Å². The van der Waals surface area contributed by atoms with Crippen LogP contribution in [0.2, 0.25) is 10.0 Å². The van der Waals surface area contributed by atoms with Gasteiger partial charge in [-0.05, 0) is 36.4 Å². The van der Waals surface area contributed by atoms with E-state index in [0.717, 1.165) is 0 Å². The molecular weight excluding hydrogens is 503 g/mol. The predicted octanol–water partition coefficient (Wildman–Crippen LogP) is 8.46. The van der Waals surface area contributed by atoms with Gasteiger partial charge in [0.05, 0.1) is 10.0 Å². The molecule has 0 radical (unpaired) electrons. The Bertz CT molecular complexity index is 1470. The number of benzene rings is 5. The highest BCUT2D eigenvalue weighted by Gasteiger charge is 2.24. The molecule has 0 fully saturated rings. The summed E-state index contributed by atoms with van der Waals surface area (Å²) >= 11 is 13.1. The Morgan fingerprint density at radius 3 is 1.25 bits per heavy atom. The van der Waals surface area contributed by atoms with E-state index >= 15 is 0 Å². The quantitative estimate of drug-likeness (QED) is 0.135. The van der Waals surface area contributed by atoms with Gasteiger partial charge in [-0.3, -0.25) is 0 Å². The van der Waals surface area contributed by atoms with Gasteiger partial charge >= 0.3 is 12.3 Å². The van der Waals surface area contributed by atoms with E-state index in [1.54, 1.807) is 97.1 Å². The zero-order chi connectivity index (χ0) is 25.1. The van der Waals surface area contributed by atoms with Gasteiger partial charge < -0.3 is 18.9 Å². The summed E-state index contributed by atoms with van der Waals surface area (Å²) in [5.41, 5.74) is 0. The van der Waals surface area contributed by atoms with Gasteiger partial charge in [-0.2, -0.15) is 0 Å². The van der Waals surface area contributed by atoms with E-state index in [1.807, 2.05) is 0 Å². The van der Waals surface area contributed by atoms with Gasteiger partial charge in [-0.15, -0.1) is 0 Å². The van der Waals surface area contributed by atoms with Crippen molar-refractivity contribution < 1.29 is 28.5 Å². The van der Waals surface area contributed by atoms with Crippen LogP contribution >= 0.6 is 23.2 Å². The molecule has 0 spiro atoms. The number of carbonyl (C=O) groups excluding carboxylic acids is 2. The van der Waals surface area contributed by atoms with Crippen molar-refractivity contribution in [2.75, 3.05) is 0 Å². The second-order valence-corrected chi connectivity index (χ2v) is 8.33. The third kappa shape index (κ3) is 4.77. The minimum absolute atomic E-state index is 0.109. The fraction of sp³-hybridized carbons (Fsp3) is 0. The van der Waals surface area contributed by atoms with Gasteiger partial charge in [0.1, 0.15) is 11.5 Å². The molecule has 178 valence electrons. The Balaban J connectivity index is 1.62. The van der Waals surface area contributed by atoms with Crippen molar-refractivity contribution in [1.82, 2.24) is 0 Å². The predicted molar refractivity (Wildman–Crippen MR) is 138 cm³/mol. The van der Waals surface area contributed by atoms with Crippen molar-refractivity contribution >= 4 is 57.1 Å². The topological polar surface area (TPSA) is 71.1 Å². The van der Waals surface area contributed by atoms with Crippen LogP contribution in [0.1, 0.15) is 0 Å². The maximum atomic E-state index is 12.7. The van der Waals surface area contributed by atoms with Crippen LogP contribution in [-0.2, 0) is 0 Å². The van der Waals surface area contributed by atoms with E-state index in [4.69, 9.17) is 42.1 Å². The van der Waals surface area contributed by atoms with Crippen molar-refractivity contribution in [3.05, 3.63) is 107 Å². The molecule has 0 aliphatic rings. The average Bonchev–Trinajstić information content (AvgIpc) is 2.87. The SMILES string of the molecule is O=C(Oc1ccccc1)Oc1c2cccc(Cl)c2c(OC(=O)Oc2ccccc2)c2cccc(Cl)c12. The number of ether oxygens (including phenoxy) is 4. The van der Waals surface area contributed by atoms with Crippen molar-refractivity contribution in [3.8, 4) is 23.0 Å². The van der Waals surface area contributed by atoms with E-state index in [2.05, 4.69) is 0 Å². The number of carbonyl (C=O) groups is 2. The average molecular weight is 519 g/mol. The van der Waals surface area contributed by atoms with Gasteiger partial charge in [0, 0.05) is 21.5 Å². The van der Waals surface area contributed by atoms with Crippen LogP contribution in [0.3, 0.4) is 0 Å². The molecule has 0 aliphatic heterocycles. The molecule has 0 aliphatic carbocycles. The Labute approximate surface area is 215 Å². The Morgan fingerprint density at radius 2 is 0.861 bits per heavy atom. The maximum absolute atomic E-state index is 12.7. The highest BCUT2D eigenvalue weighted by Crippen LogP contribution is 2.48. The van der Waals surface area contributed by atoms with E-state index in [-0.39, 0.29) is 21.5 Å². The summed E-state index contributed by atoms with van der Waals surface area (Å²) in [6.07, 6.45) is -1.94. The molecule has 6 nitrogen and oxygen atoms in total. The zero-order valence-corrected chi connectivity index (χ0v) is 20.0. The molecule has 0 heterocycles. The van der Waals surface area contributed by atoms with E-state index < -0.39 is 12.3 Å². The molecular formula is C28H16Cl2O6. The highest BCUT2D eigenvalue weighted by molar-refractivity contribution is 6.40. The Kier molecular flexibility index (Phi) is 6.62. The summed E-state index contributed by atoms with van der Waals surface area (Å²) < 4.78 is 21.9. The lowest BCUT2D eigenvalue weighted by atomic mass is 10.0. The molecule has 8 heteroatoms. The molecule has 0 unspecified atom stereocenters. The monoisotopic (exact) mass is 518 g/mol. The Hall–Kier alpha value is -4.26. The van der Waals surface area contributed by atoms with Gasteiger partial charge in [-0.25, -0.2) is 9.59 Å². The van der Waals surface area contributed by atoms with Crippen LogP contribution in [0.5, 0.6) is 23.0 Å². The molecule has 36 heavy (non-hydrogen) atoms. The summed E-state index contributed by atoms with van der Waals surface area (Å²) in [4.78, 5) is 25.4. The fourth-order valence-corrected chi connectivity index (χ4v) is 4.27. The van der Waals surface area contributed by atoms with Crippen LogP contribution in [0.4, 0.5) is 9.59 Å². The minimum Gasteiger partial charge on any atom is -0.395 e. The first kappa shape index (κ1) is 23.5. The molecule has 5 aromatic carbocycles. The molecule has 0 aromatic heterocycles. The van der Waals surface area contributed by atoms with Gasteiger partial charge in [0.2, 0.25) is 0 Å². The number of hydrogen-bond donors (Lipinski definition) is 0. The highest BCUT2D eigenvalue weighted by atomic mass is 35.5. The molecule has 0 saturated heterocycles. The smallest absolute Gasteiger partial charge is 0.395 e. The molecule has 0 atom stereocenters. The summed E-state index contributed by atoms with van der Waals surface area (Å²) in [6, 6.07) is 26.9. The fourth-order valence-electron chi connectivity index (χ4n) is 3.75. The third-order valence-corrected chi connectivity index (χ3v) is 5.86. The molecule has 0 bridgehead atoms. The standard InChI is InChI=1S/C28H16Cl2O6/c29-21-15-8-14-20-23(21)25(35-27(31)33-17-9-3-1-4-10-17)19-13-7-16-22(30)24(19)26(20)36-28(32)34-18-11-5-2-6-12-18/h1-16H. The van der Waals surface area contributed by atoms with Gasteiger partial charge in [0.15, 0.2) is 11.5 Å². The van der Waals surface area contributed by atoms with E-state index in [1.165, 1.54) is 0 Å².